The summed E-state index contributed by atoms with van der Waals surface area (Å²) in [5.41, 5.74) is -1.80. The SMILES string of the molecule is OC1(C(F)(F)CNC(C2CCOCC2)C2CC2)CCCCC1. The van der Waals surface area contributed by atoms with Crippen LogP contribution in [0.4, 0.5) is 8.78 Å². The number of aliphatic hydroxyl groups is 1. The summed E-state index contributed by atoms with van der Waals surface area (Å²) >= 11 is 0. The lowest BCUT2D eigenvalue weighted by Gasteiger charge is -2.40. The summed E-state index contributed by atoms with van der Waals surface area (Å²) in [5, 5.41) is 13.5. The minimum absolute atomic E-state index is 0.168. The molecule has 1 saturated heterocycles. The quantitative estimate of drug-likeness (QED) is 0.791. The molecule has 0 aromatic carbocycles. The second-order valence-corrected chi connectivity index (χ2v) is 7.49. The van der Waals surface area contributed by atoms with Crippen molar-refractivity contribution in [2.45, 2.75) is 75.4 Å². The fourth-order valence-corrected chi connectivity index (χ4v) is 4.16. The molecule has 128 valence electrons. The van der Waals surface area contributed by atoms with Gasteiger partial charge in [-0.3, -0.25) is 0 Å². The Labute approximate surface area is 131 Å². The molecule has 1 atom stereocenters. The highest BCUT2D eigenvalue weighted by Crippen LogP contribution is 2.42. The van der Waals surface area contributed by atoms with Gasteiger partial charge in [0.05, 0.1) is 6.54 Å². The Morgan fingerprint density at radius 3 is 2.23 bits per heavy atom. The zero-order valence-electron chi connectivity index (χ0n) is 13.3. The molecule has 2 saturated carbocycles. The average Bonchev–Trinajstić information content (AvgIpc) is 3.34. The largest absolute Gasteiger partial charge is 0.384 e. The number of rotatable bonds is 6. The number of hydrogen-bond acceptors (Lipinski definition) is 3. The lowest BCUT2D eigenvalue weighted by atomic mass is 9.79. The van der Waals surface area contributed by atoms with Gasteiger partial charge >= 0.3 is 0 Å². The zero-order chi connectivity index (χ0) is 15.6. The molecule has 0 bridgehead atoms. The highest BCUT2D eigenvalue weighted by atomic mass is 19.3. The van der Waals surface area contributed by atoms with E-state index in [1.807, 2.05) is 0 Å². The Morgan fingerprint density at radius 2 is 1.64 bits per heavy atom. The normalized spacial score (nSPS) is 28.5. The third kappa shape index (κ3) is 3.62. The van der Waals surface area contributed by atoms with Crippen LogP contribution in [0.25, 0.3) is 0 Å². The van der Waals surface area contributed by atoms with Crippen LogP contribution in [0.3, 0.4) is 0 Å². The number of alkyl halides is 2. The molecule has 5 heteroatoms. The lowest BCUT2D eigenvalue weighted by molar-refractivity contribution is -0.193. The summed E-state index contributed by atoms with van der Waals surface area (Å²) in [5.74, 6) is -2.05. The van der Waals surface area contributed by atoms with Crippen molar-refractivity contribution in [3.8, 4) is 0 Å². The van der Waals surface area contributed by atoms with E-state index in [0.29, 0.717) is 24.7 Å². The second kappa shape index (κ2) is 6.70. The predicted octanol–water partition coefficient (Wildman–Crippen LogP) is 3.11. The van der Waals surface area contributed by atoms with Gasteiger partial charge in [-0.1, -0.05) is 19.3 Å². The van der Waals surface area contributed by atoms with Crippen LogP contribution in [-0.2, 0) is 4.74 Å². The minimum Gasteiger partial charge on any atom is -0.384 e. The van der Waals surface area contributed by atoms with Crippen molar-refractivity contribution in [2.75, 3.05) is 19.8 Å². The van der Waals surface area contributed by atoms with Crippen molar-refractivity contribution in [2.24, 2.45) is 11.8 Å². The van der Waals surface area contributed by atoms with E-state index in [9.17, 15) is 13.9 Å². The van der Waals surface area contributed by atoms with Crippen molar-refractivity contribution in [1.29, 1.82) is 0 Å². The molecule has 2 aliphatic carbocycles. The first-order valence-electron chi connectivity index (χ1n) is 8.93. The van der Waals surface area contributed by atoms with Gasteiger partial charge in [-0.2, -0.15) is 0 Å². The highest BCUT2D eigenvalue weighted by Gasteiger charge is 2.53. The van der Waals surface area contributed by atoms with Gasteiger partial charge in [0.1, 0.15) is 5.60 Å². The van der Waals surface area contributed by atoms with Gasteiger partial charge < -0.3 is 15.2 Å². The molecule has 2 N–H and O–H groups in total. The summed E-state index contributed by atoms with van der Waals surface area (Å²) in [4.78, 5) is 0. The Kier molecular flexibility index (Phi) is 5.05. The number of nitrogens with one attached hydrogen (secondary N) is 1. The van der Waals surface area contributed by atoms with Crippen LogP contribution >= 0.6 is 0 Å². The molecule has 3 fully saturated rings. The van der Waals surface area contributed by atoms with Crippen molar-refractivity contribution >= 4 is 0 Å². The van der Waals surface area contributed by atoms with E-state index < -0.39 is 11.5 Å². The molecule has 1 unspecified atom stereocenters. The Bertz CT molecular complexity index is 362. The Balaban J connectivity index is 1.58. The third-order valence-corrected chi connectivity index (χ3v) is 5.83. The number of ether oxygens (including phenoxy) is 1. The zero-order valence-corrected chi connectivity index (χ0v) is 13.3. The van der Waals surface area contributed by atoms with Gasteiger partial charge in [-0.15, -0.1) is 0 Å². The van der Waals surface area contributed by atoms with Crippen molar-refractivity contribution < 1.29 is 18.6 Å². The highest BCUT2D eigenvalue weighted by molar-refractivity contribution is 4.99. The minimum atomic E-state index is -3.04. The summed E-state index contributed by atoms with van der Waals surface area (Å²) in [7, 11) is 0. The van der Waals surface area contributed by atoms with Crippen LogP contribution in [0.5, 0.6) is 0 Å². The monoisotopic (exact) mass is 317 g/mol. The van der Waals surface area contributed by atoms with E-state index in [2.05, 4.69) is 5.32 Å². The predicted molar refractivity (Wildman–Crippen MR) is 81.0 cm³/mol. The fraction of sp³-hybridized carbons (Fsp3) is 1.00. The molecule has 22 heavy (non-hydrogen) atoms. The molecule has 3 nitrogen and oxygen atoms in total. The van der Waals surface area contributed by atoms with Crippen molar-refractivity contribution in [3.63, 3.8) is 0 Å². The third-order valence-electron chi connectivity index (χ3n) is 5.83. The number of halogens is 2. The van der Waals surface area contributed by atoms with Crippen molar-refractivity contribution in [1.82, 2.24) is 5.32 Å². The summed E-state index contributed by atoms with van der Waals surface area (Å²) in [6.45, 7) is 1.10. The van der Waals surface area contributed by atoms with Gasteiger partial charge in [0.25, 0.3) is 5.92 Å². The van der Waals surface area contributed by atoms with Gasteiger partial charge in [0, 0.05) is 19.3 Å². The van der Waals surface area contributed by atoms with E-state index in [-0.39, 0.29) is 25.4 Å². The second-order valence-electron chi connectivity index (χ2n) is 7.49. The maximum Gasteiger partial charge on any atom is 0.288 e. The number of hydrogen-bond donors (Lipinski definition) is 2. The smallest absolute Gasteiger partial charge is 0.288 e. The topological polar surface area (TPSA) is 41.5 Å². The van der Waals surface area contributed by atoms with Crippen LogP contribution in [-0.4, -0.2) is 42.4 Å². The van der Waals surface area contributed by atoms with Gasteiger partial charge in [-0.05, 0) is 50.4 Å². The van der Waals surface area contributed by atoms with E-state index in [1.54, 1.807) is 0 Å². The lowest BCUT2D eigenvalue weighted by Crippen LogP contribution is -2.57. The Hall–Kier alpha value is -0.260. The first kappa shape index (κ1) is 16.6. The molecule has 0 amide bonds. The average molecular weight is 317 g/mol. The molecule has 1 heterocycles. The maximum atomic E-state index is 14.6. The summed E-state index contributed by atoms with van der Waals surface area (Å²) in [6.07, 6.45) is 7.04. The van der Waals surface area contributed by atoms with E-state index in [0.717, 1.165) is 45.3 Å². The molecule has 0 spiro atoms. The van der Waals surface area contributed by atoms with E-state index in [4.69, 9.17) is 4.74 Å². The molecule has 3 rings (SSSR count). The molecular weight excluding hydrogens is 288 g/mol. The van der Waals surface area contributed by atoms with Crippen LogP contribution in [0.2, 0.25) is 0 Å². The van der Waals surface area contributed by atoms with Crippen LogP contribution in [0, 0.1) is 11.8 Å². The van der Waals surface area contributed by atoms with Gasteiger partial charge in [-0.25, -0.2) is 8.78 Å². The summed E-state index contributed by atoms with van der Waals surface area (Å²) in [6, 6.07) is 0.168. The first-order chi connectivity index (χ1) is 10.5. The van der Waals surface area contributed by atoms with Crippen LogP contribution in [0.1, 0.15) is 57.8 Å². The molecular formula is C17H29F2NO2. The molecule has 3 aliphatic rings. The first-order valence-corrected chi connectivity index (χ1v) is 8.93. The van der Waals surface area contributed by atoms with Crippen molar-refractivity contribution in [3.05, 3.63) is 0 Å². The van der Waals surface area contributed by atoms with E-state index >= 15 is 0 Å². The van der Waals surface area contributed by atoms with Gasteiger partial charge in [0.2, 0.25) is 0 Å². The van der Waals surface area contributed by atoms with Crippen LogP contribution in [0.15, 0.2) is 0 Å². The molecule has 0 aromatic rings. The molecule has 1 aliphatic heterocycles. The van der Waals surface area contributed by atoms with Crippen LogP contribution < -0.4 is 5.32 Å². The van der Waals surface area contributed by atoms with Gasteiger partial charge in [0.15, 0.2) is 0 Å². The fourth-order valence-electron chi connectivity index (χ4n) is 4.16. The Morgan fingerprint density at radius 1 is 1.05 bits per heavy atom. The standard InChI is InChI=1S/C17H29F2NO2/c18-17(19,16(21)8-2-1-3-9-16)12-20-15(13-4-5-13)14-6-10-22-11-7-14/h13-15,20-21H,1-12H2. The maximum absolute atomic E-state index is 14.6. The molecule has 0 radical (unpaired) electrons. The summed E-state index contributed by atoms with van der Waals surface area (Å²) < 4.78 is 34.5. The molecule has 0 aromatic heterocycles. The van der Waals surface area contributed by atoms with E-state index in [1.165, 1.54) is 0 Å².